The van der Waals surface area contributed by atoms with Gasteiger partial charge in [-0.2, -0.15) is 0 Å². The fourth-order valence-electron chi connectivity index (χ4n) is 6.41. The van der Waals surface area contributed by atoms with E-state index in [2.05, 4.69) is 68.4 Å². The van der Waals surface area contributed by atoms with Gasteiger partial charge in [0.25, 0.3) is 5.91 Å². The van der Waals surface area contributed by atoms with Gasteiger partial charge >= 0.3 is 6.09 Å². The lowest BCUT2D eigenvalue weighted by atomic mass is 9.90. The number of hydrogen-bond acceptors (Lipinski definition) is 5. The Hall–Kier alpha value is -3.75. The SMILES string of the molecule is CC(C)(C)C.COC(=O)N1CCC(Cc2cccc(C(=O)NCC3=CCC=C(F)C(C4=CCC(CN5CCNC(C)C5)=CC=C4)=C3)c2)CC1. The van der Waals surface area contributed by atoms with Crippen molar-refractivity contribution in [3.63, 3.8) is 0 Å². The molecule has 1 atom stereocenters. The number of hydrogen-bond donors (Lipinski definition) is 2. The maximum absolute atomic E-state index is 15.2. The number of benzene rings is 1. The van der Waals surface area contributed by atoms with Gasteiger partial charge in [-0.1, -0.05) is 75.8 Å². The van der Waals surface area contributed by atoms with Gasteiger partial charge in [-0.15, -0.1) is 0 Å². The van der Waals surface area contributed by atoms with Gasteiger partial charge in [-0.25, -0.2) is 9.18 Å². The number of nitrogens with one attached hydrogen (secondary N) is 2. The fraction of sp³-hybridized carbons (Fsp3) is 0.512. The van der Waals surface area contributed by atoms with Crippen LogP contribution in [-0.4, -0.2) is 80.8 Å². The number of carbonyl (C=O) groups excluding carboxylic acids is 2. The molecule has 4 aliphatic rings. The highest BCUT2D eigenvalue weighted by Crippen LogP contribution is 2.29. The lowest BCUT2D eigenvalue weighted by Gasteiger charge is -2.32. The highest BCUT2D eigenvalue weighted by Gasteiger charge is 2.24. The van der Waals surface area contributed by atoms with Crippen molar-refractivity contribution < 1.29 is 18.7 Å². The molecule has 49 heavy (non-hydrogen) atoms. The summed E-state index contributed by atoms with van der Waals surface area (Å²) < 4.78 is 20.1. The number of likely N-dealkylation sites (tertiary alicyclic amines) is 1. The zero-order valence-electron chi connectivity index (χ0n) is 30.5. The van der Waals surface area contributed by atoms with Crippen LogP contribution in [0.5, 0.6) is 0 Å². The molecule has 1 unspecified atom stereocenters. The summed E-state index contributed by atoms with van der Waals surface area (Å²) in [6, 6.07) is 8.25. The molecule has 2 N–H and O–H groups in total. The second-order valence-corrected chi connectivity index (χ2v) is 15.3. The highest BCUT2D eigenvalue weighted by atomic mass is 19.1. The molecular formula is C41H57FN4O3. The Kier molecular flexibility index (Phi) is 14.2. The molecule has 0 bridgehead atoms. The Morgan fingerprint density at radius 1 is 1.08 bits per heavy atom. The molecule has 2 amide bonds. The van der Waals surface area contributed by atoms with Crippen molar-refractivity contribution in [2.45, 2.75) is 72.8 Å². The van der Waals surface area contributed by atoms with Crippen LogP contribution in [0.25, 0.3) is 0 Å². The number of ether oxygens (including phenoxy) is 1. The molecule has 7 nitrogen and oxygen atoms in total. The lowest BCUT2D eigenvalue weighted by Crippen LogP contribution is -2.49. The van der Waals surface area contributed by atoms with Gasteiger partial charge in [-0.3, -0.25) is 9.69 Å². The van der Waals surface area contributed by atoms with E-state index in [1.165, 1.54) is 12.7 Å². The first-order valence-corrected chi connectivity index (χ1v) is 17.9. The van der Waals surface area contributed by atoms with Crippen molar-refractivity contribution in [2.24, 2.45) is 11.3 Å². The Bertz CT molecular complexity index is 1480. The van der Waals surface area contributed by atoms with E-state index in [9.17, 15) is 9.59 Å². The number of amides is 2. The monoisotopic (exact) mass is 672 g/mol. The Morgan fingerprint density at radius 3 is 2.55 bits per heavy atom. The zero-order valence-corrected chi connectivity index (χ0v) is 30.5. The maximum atomic E-state index is 15.2. The second-order valence-electron chi connectivity index (χ2n) is 15.3. The summed E-state index contributed by atoms with van der Waals surface area (Å²) in [6.45, 7) is 16.7. The van der Waals surface area contributed by atoms with Crippen LogP contribution < -0.4 is 10.6 Å². The number of nitrogens with zero attached hydrogens (tertiary/aromatic N) is 2. The van der Waals surface area contributed by atoms with Crippen LogP contribution in [0.1, 0.15) is 76.2 Å². The molecule has 8 heteroatoms. The first-order valence-electron chi connectivity index (χ1n) is 17.9. The van der Waals surface area contributed by atoms with E-state index in [0.29, 0.717) is 54.6 Å². The van der Waals surface area contributed by atoms with Crippen molar-refractivity contribution in [1.29, 1.82) is 0 Å². The van der Waals surface area contributed by atoms with E-state index in [0.717, 1.165) is 68.6 Å². The molecule has 2 aliphatic heterocycles. The summed E-state index contributed by atoms with van der Waals surface area (Å²) in [5.41, 5.74) is 5.85. The van der Waals surface area contributed by atoms with Gasteiger partial charge in [0.1, 0.15) is 5.83 Å². The maximum Gasteiger partial charge on any atom is 0.409 e. The molecule has 0 aromatic heterocycles. The normalized spacial score (nSPS) is 20.7. The summed E-state index contributed by atoms with van der Waals surface area (Å²) in [4.78, 5) is 29.1. The Labute approximate surface area is 293 Å². The third-order valence-corrected chi connectivity index (χ3v) is 8.86. The predicted molar refractivity (Wildman–Crippen MR) is 198 cm³/mol. The lowest BCUT2D eigenvalue weighted by molar-refractivity contribution is 0.0956. The summed E-state index contributed by atoms with van der Waals surface area (Å²) in [7, 11) is 1.41. The minimum Gasteiger partial charge on any atom is -0.453 e. The molecule has 5 rings (SSSR count). The number of rotatable bonds is 8. The quantitative estimate of drug-likeness (QED) is 0.296. The van der Waals surface area contributed by atoms with Crippen molar-refractivity contribution in [3.05, 3.63) is 106 Å². The number of methoxy groups -OCH3 is 1. The van der Waals surface area contributed by atoms with E-state index in [-0.39, 0.29) is 17.8 Å². The number of piperidine rings is 1. The standard InChI is InChI=1S/C36H45FN4O3.C5H12/c1-26-24-40(19-16-38-26)25-28-6-3-9-31(13-12-28)33-22-30(8-5-11-34(33)37)23-39-35(42)32-10-4-7-29(21-32)20-27-14-17-41(18-15-27)36(43)44-2;1-5(2,3)4/h3-4,6-11,13,21-22,26-27,38H,5,12,14-20,23-25H2,1-2H3,(H,39,42);1-4H3. The molecule has 0 saturated carbocycles. The minimum absolute atomic E-state index is 0.148. The number of halogens is 1. The van der Waals surface area contributed by atoms with Crippen LogP contribution in [0.2, 0.25) is 0 Å². The van der Waals surface area contributed by atoms with Gasteiger partial charge in [0.2, 0.25) is 0 Å². The largest absolute Gasteiger partial charge is 0.453 e. The van der Waals surface area contributed by atoms with Gasteiger partial charge in [-0.05, 0) is 91.4 Å². The second kappa shape index (κ2) is 18.3. The van der Waals surface area contributed by atoms with E-state index in [4.69, 9.17) is 4.74 Å². The average molecular weight is 673 g/mol. The fourth-order valence-corrected chi connectivity index (χ4v) is 6.41. The molecule has 0 spiro atoms. The van der Waals surface area contributed by atoms with Crippen LogP contribution >= 0.6 is 0 Å². The molecule has 0 radical (unpaired) electrons. The van der Waals surface area contributed by atoms with E-state index >= 15 is 4.39 Å². The summed E-state index contributed by atoms with van der Waals surface area (Å²) in [5.74, 6) is 0.0780. The molecule has 2 saturated heterocycles. The van der Waals surface area contributed by atoms with Crippen molar-refractivity contribution in [3.8, 4) is 0 Å². The van der Waals surface area contributed by atoms with Gasteiger partial charge in [0.15, 0.2) is 0 Å². The van der Waals surface area contributed by atoms with Crippen LogP contribution in [0.4, 0.5) is 9.18 Å². The van der Waals surface area contributed by atoms with Crippen LogP contribution in [0.3, 0.4) is 0 Å². The molecule has 266 valence electrons. The van der Waals surface area contributed by atoms with Gasteiger partial charge in [0.05, 0.1) is 7.11 Å². The van der Waals surface area contributed by atoms with Crippen LogP contribution in [0.15, 0.2) is 94.9 Å². The van der Waals surface area contributed by atoms with Crippen molar-refractivity contribution in [1.82, 2.24) is 20.4 Å². The third-order valence-electron chi connectivity index (χ3n) is 8.86. The van der Waals surface area contributed by atoms with E-state index in [1.54, 1.807) is 11.0 Å². The average Bonchev–Trinajstić information content (AvgIpc) is 3.40. The smallest absolute Gasteiger partial charge is 0.409 e. The van der Waals surface area contributed by atoms with Crippen LogP contribution in [0, 0.1) is 11.3 Å². The first-order chi connectivity index (χ1) is 23.4. The minimum atomic E-state index is -0.268. The van der Waals surface area contributed by atoms with E-state index in [1.807, 2.05) is 42.5 Å². The molecule has 1 aromatic carbocycles. The molecule has 2 fully saturated rings. The number of allylic oxidation sites excluding steroid dienone is 9. The van der Waals surface area contributed by atoms with Crippen molar-refractivity contribution in [2.75, 3.05) is 52.9 Å². The predicted octanol–water partition coefficient (Wildman–Crippen LogP) is 7.71. The number of carbonyl (C=O) groups is 2. The third kappa shape index (κ3) is 12.9. The summed E-state index contributed by atoms with van der Waals surface area (Å²) in [6.07, 6.45) is 17.4. The van der Waals surface area contributed by atoms with Gasteiger partial charge < -0.3 is 20.3 Å². The Morgan fingerprint density at radius 2 is 1.84 bits per heavy atom. The van der Waals surface area contributed by atoms with E-state index < -0.39 is 0 Å². The van der Waals surface area contributed by atoms with Crippen LogP contribution in [-0.2, 0) is 11.2 Å². The summed E-state index contributed by atoms with van der Waals surface area (Å²) >= 11 is 0. The topological polar surface area (TPSA) is 73.9 Å². The molecular weight excluding hydrogens is 615 g/mol. The zero-order chi connectivity index (χ0) is 35.4. The first kappa shape index (κ1) is 38.1. The molecule has 2 heterocycles. The van der Waals surface area contributed by atoms with Gasteiger partial charge in [0, 0.05) is 63.0 Å². The molecule has 2 aliphatic carbocycles. The summed E-state index contributed by atoms with van der Waals surface area (Å²) in [5, 5.41) is 6.53. The Balaban J connectivity index is 0.00000101. The highest BCUT2D eigenvalue weighted by molar-refractivity contribution is 5.94. The molecule has 1 aromatic rings. The van der Waals surface area contributed by atoms with Crippen molar-refractivity contribution >= 4 is 12.0 Å². The number of piperazine rings is 1.